The Morgan fingerprint density at radius 2 is 2.06 bits per heavy atom. The number of halogens is 3. The van der Waals surface area contributed by atoms with E-state index in [2.05, 4.69) is 15.4 Å². The van der Waals surface area contributed by atoms with E-state index in [1.165, 1.54) is 0 Å². The summed E-state index contributed by atoms with van der Waals surface area (Å²) in [4.78, 5) is 4.18. The van der Waals surface area contributed by atoms with Crippen LogP contribution >= 0.6 is 0 Å². The molecule has 0 spiro atoms. The standard InChI is InChI=1S/C11H13F3N4/c12-11(13,14)6-2-3-7-15-10-16-9-5-1-4-8-18(9)17-10/h1,4-5,8H,2-3,6-7H2,(H,15,17). The maximum atomic E-state index is 11.9. The van der Waals surface area contributed by atoms with Crippen LogP contribution in [0, 0.1) is 0 Å². The molecule has 2 aromatic rings. The van der Waals surface area contributed by atoms with Gasteiger partial charge in [-0.05, 0) is 25.0 Å². The van der Waals surface area contributed by atoms with Crippen LogP contribution in [0.3, 0.4) is 0 Å². The van der Waals surface area contributed by atoms with Gasteiger partial charge in [-0.15, -0.1) is 5.10 Å². The summed E-state index contributed by atoms with van der Waals surface area (Å²) in [5.41, 5.74) is 0.704. The lowest BCUT2D eigenvalue weighted by molar-refractivity contribution is -0.135. The normalized spacial score (nSPS) is 11.9. The number of fused-ring (bicyclic) bond motifs is 1. The van der Waals surface area contributed by atoms with Gasteiger partial charge in [0.2, 0.25) is 5.95 Å². The first kappa shape index (κ1) is 12.7. The van der Waals surface area contributed by atoms with Crippen molar-refractivity contribution >= 4 is 11.6 Å². The van der Waals surface area contributed by atoms with Crippen molar-refractivity contribution in [2.45, 2.75) is 25.4 Å². The Labute approximate surface area is 102 Å². The Morgan fingerprint density at radius 1 is 1.22 bits per heavy atom. The summed E-state index contributed by atoms with van der Waals surface area (Å²) in [6, 6.07) is 5.48. The minimum Gasteiger partial charge on any atom is -0.353 e. The highest BCUT2D eigenvalue weighted by Crippen LogP contribution is 2.22. The number of alkyl halides is 3. The lowest BCUT2D eigenvalue weighted by Crippen LogP contribution is -2.09. The fraction of sp³-hybridized carbons (Fsp3) is 0.455. The van der Waals surface area contributed by atoms with Crippen LogP contribution in [0.4, 0.5) is 19.1 Å². The van der Waals surface area contributed by atoms with Gasteiger partial charge in [0, 0.05) is 19.2 Å². The number of rotatable bonds is 5. The van der Waals surface area contributed by atoms with E-state index in [1.807, 2.05) is 18.2 Å². The molecule has 2 rings (SSSR count). The van der Waals surface area contributed by atoms with Crippen LogP contribution in [-0.2, 0) is 0 Å². The van der Waals surface area contributed by atoms with Gasteiger partial charge in [-0.1, -0.05) is 6.07 Å². The summed E-state index contributed by atoms with van der Waals surface area (Å²) >= 11 is 0. The van der Waals surface area contributed by atoms with Crippen molar-refractivity contribution in [2.75, 3.05) is 11.9 Å². The molecule has 0 radical (unpaired) electrons. The summed E-state index contributed by atoms with van der Waals surface area (Å²) < 4.78 is 37.3. The molecular formula is C11H13F3N4. The SMILES string of the molecule is FC(F)(F)CCCCNc1nc2ccccn2n1. The van der Waals surface area contributed by atoms with E-state index in [9.17, 15) is 13.2 Å². The summed E-state index contributed by atoms with van der Waals surface area (Å²) in [6.45, 7) is 0.437. The summed E-state index contributed by atoms with van der Waals surface area (Å²) in [5, 5.41) is 7.04. The molecular weight excluding hydrogens is 245 g/mol. The third-order valence-corrected chi connectivity index (χ3v) is 2.41. The Kier molecular flexibility index (Phi) is 3.69. The second-order valence-electron chi connectivity index (χ2n) is 3.94. The molecule has 0 fully saturated rings. The first-order valence-electron chi connectivity index (χ1n) is 5.67. The Bertz CT molecular complexity index is 473. The smallest absolute Gasteiger partial charge is 0.353 e. The van der Waals surface area contributed by atoms with Crippen LogP contribution in [-0.4, -0.2) is 27.3 Å². The van der Waals surface area contributed by atoms with Crippen LogP contribution in [0.25, 0.3) is 5.65 Å². The molecule has 0 unspecified atom stereocenters. The molecule has 0 atom stereocenters. The number of pyridine rings is 1. The predicted molar refractivity (Wildman–Crippen MR) is 61.4 cm³/mol. The van der Waals surface area contributed by atoms with Gasteiger partial charge in [0.1, 0.15) is 0 Å². The van der Waals surface area contributed by atoms with Gasteiger partial charge in [-0.2, -0.15) is 18.2 Å². The van der Waals surface area contributed by atoms with Gasteiger partial charge in [-0.25, -0.2) is 4.52 Å². The van der Waals surface area contributed by atoms with E-state index in [4.69, 9.17) is 0 Å². The second kappa shape index (κ2) is 5.24. The summed E-state index contributed by atoms with van der Waals surface area (Å²) in [5.74, 6) is 0.438. The molecule has 0 bridgehead atoms. The quantitative estimate of drug-likeness (QED) is 0.838. The highest BCUT2D eigenvalue weighted by molar-refractivity contribution is 5.42. The van der Waals surface area contributed by atoms with E-state index in [1.54, 1.807) is 10.7 Å². The Balaban J connectivity index is 1.77. The van der Waals surface area contributed by atoms with Crippen LogP contribution in [0.1, 0.15) is 19.3 Å². The molecule has 98 valence electrons. The van der Waals surface area contributed by atoms with Gasteiger partial charge in [-0.3, -0.25) is 0 Å². The first-order valence-corrected chi connectivity index (χ1v) is 5.67. The third kappa shape index (κ3) is 3.61. The molecule has 7 heteroatoms. The van der Waals surface area contributed by atoms with Crippen LogP contribution < -0.4 is 5.32 Å². The fourth-order valence-electron chi connectivity index (χ4n) is 1.56. The van der Waals surface area contributed by atoms with E-state index < -0.39 is 12.6 Å². The van der Waals surface area contributed by atoms with Crippen molar-refractivity contribution < 1.29 is 13.2 Å². The molecule has 2 heterocycles. The number of unbranched alkanes of at least 4 members (excludes halogenated alkanes) is 1. The van der Waals surface area contributed by atoms with Crippen molar-refractivity contribution in [1.82, 2.24) is 14.6 Å². The average molecular weight is 258 g/mol. The first-order chi connectivity index (χ1) is 8.54. The molecule has 4 nitrogen and oxygen atoms in total. The van der Waals surface area contributed by atoms with Crippen molar-refractivity contribution in [3.8, 4) is 0 Å². The highest BCUT2D eigenvalue weighted by atomic mass is 19.4. The van der Waals surface area contributed by atoms with Crippen molar-refractivity contribution in [3.63, 3.8) is 0 Å². The molecule has 0 aliphatic carbocycles. The van der Waals surface area contributed by atoms with Crippen molar-refractivity contribution in [1.29, 1.82) is 0 Å². The average Bonchev–Trinajstić information content (AvgIpc) is 2.69. The van der Waals surface area contributed by atoms with Gasteiger partial charge in [0.25, 0.3) is 0 Å². The zero-order valence-electron chi connectivity index (χ0n) is 9.61. The molecule has 0 saturated heterocycles. The Hall–Kier alpha value is -1.79. The third-order valence-electron chi connectivity index (χ3n) is 2.41. The van der Waals surface area contributed by atoms with E-state index in [0.717, 1.165) is 0 Å². The van der Waals surface area contributed by atoms with Gasteiger partial charge >= 0.3 is 6.18 Å². The molecule has 1 N–H and O–H groups in total. The van der Waals surface area contributed by atoms with Crippen LogP contribution in [0.15, 0.2) is 24.4 Å². The van der Waals surface area contributed by atoms with Crippen molar-refractivity contribution in [2.24, 2.45) is 0 Å². The number of nitrogens with zero attached hydrogens (tertiary/aromatic N) is 3. The lowest BCUT2D eigenvalue weighted by Gasteiger charge is -2.05. The summed E-state index contributed by atoms with van der Waals surface area (Å²) in [7, 11) is 0. The van der Waals surface area contributed by atoms with Crippen LogP contribution in [0.2, 0.25) is 0 Å². The highest BCUT2D eigenvalue weighted by Gasteiger charge is 2.25. The van der Waals surface area contributed by atoms with E-state index in [0.29, 0.717) is 24.6 Å². The van der Waals surface area contributed by atoms with Gasteiger partial charge in [0.05, 0.1) is 0 Å². The van der Waals surface area contributed by atoms with Crippen LogP contribution in [0.5, 0.6) is 0 Å². The number of aromatic nitrogens is 3. The van der Waals surface area contributed by atoms with E-state index >= 15 is 0 Å². The maximum Gasteiger partial charge on any atom is 0.389 e. The fourth-order valence-corrected chi connectivity index (χ4v) is 1.56. The van der Waals surface area contributed by atoms with E-state index in [-0.39, 0.29) is 6.42 Å². The maximum absolute atomic E-state index is 11.9. The zero-order chi connectivity index (χ0) is 13.0. The molecule has 0 saturated carbocycles. The Morgan fingerprint density at radius 3 is 2.78 bits per heavy atom. The molecule has 0 aliphatic rings. The molecule has 18 heavy (non-hydrogen) atoms. The molecule has 0 aliphatic heterocycles. The number of anilines is 1. The number of nitrogens with one attached hydrogen (secondary N) is 1. The zero-order valence-corrected chi connectivity index (χ0v) is 9.61. The molecule has 0 amide bonds. The minimum atomic E-state index is -4.07. The second-order valence-corrected chi connectivity index (χ2v) is 3.94. The minimum absolute atomic E-state index is 0.115. The van der Waals surface area contributed by atoms with Gasteiger partial charge in [0.15, 0.2) is 5.65 Å². The molecule has 0 aromatic carbocycles. The largest absolute Gasteiger partial charge is 0.389 e. The predicted octanol–water partition coefficient (Wildman–Crippen LogP) is 2.87. The number of hydrogen-bond acceptors (Lipinski definition) is 3. The monoisotopic (exact) mass is 258 g/mol. The summed E-state index contributed by atoms with van der Waals surface area (Å²) in [6.07, 6.45) is -2.50. The topological polar surface area (TPSA) is 42.2 Å². The lowest BCUT2D eigenvalue weighted by atomic mass is 10.2. The molecule has 2 aromatic heterocycles. The van der Waals surface area contributed by atoms with Crippen molar-refractivity contribution in [3.05, 3.63) is 24.4 Å². The van der Waals surface area contributed by atoms with Gasteiger partial charge < -0.3 is 5.32 Å². The number of hydrogen-bond donors (Lipinski definition) is 1.